The Hall–Kier alpha value is -2.25. The molecule has 1 unspecified atom stereocenters. The number of aryl methyl sites for hydroxylation is 1. The molecule has 1 fully saturated rings. The van der Waals surface area contributed by atoms with E-state index in [9.17, 15) is 14.4 Å². The molecule has 2 aliphatic rings. The van der Waals surface area contributed by atoms with Crippen molar-refractivity contribution in [2.24, 2.45) is 0 Å². The van der Waals surface area contributed by atoms with Crippen LogP contribution in [0.4, 0.5) is 0 Å². The highest BCUT2D eigenvalue weighted by molar-refractivity contribution is 6.06. The average Bonchev–Trinajstić information content (AvgIpc) is 2.82. The molecule has 7 nitrogen and oxygen atoms in total. The van der Waals surface area contributed by atoms with Gasteiger partial charge in [-0.1, -0.05) is 12.1 Å². The van der Waals surface area contributed by atoms with Gasteiger partial charge in [0, 0.05) is 18.6 Å². The van der Waals surface area contributed by atoms with Crippen LogP contribution in [0.5, 0.6) is 0 Å². The molecule has 3 rings (SSSR count). The van der Waals surface area contributed by atoms with Gasteiger partial charge in [0.05, 0.1) is 18.8 Å². The van der Waals surface area contributed by atoms with Gasteiger partial charge in [-0.3, -0.25) is 19.7 Å². The quantitative estimate of drug-likeness (QED) is 0.551. The number of nitrogens with one attached hydrogen (secondary N) is 1. The number of aliphatic hydroxyl groups is 1. The monoisotopic (exact) mass is 374 g/mol. The van der Waals surface area contributed by atoms with E-state index in [1.165, 1.54) is 0 Å². The van der Waals surface area contributed by atoms with E-state index in [4.69, 9.17) is 9.84 Å². The number of nitrogens with zero attached hydrogens (tertiary/aromatic N) is 1. The van der Waals surface area contributed by atoms with Gasteiger partial charge in [0.25, 0.3) is 5.91 Å². The van der Waals surface area contributed by atoms with Crippen LogP contribution in [0.3, 0.4) is 0 Å². The third-order valence-corrected chi connectivity index (χ3v) is 5.31. The Morgan fingerprint density at radius 2 is 2.04 bits per heavy atom. The van der Waals surface area contributed by atoms with Crippen molar-refractivity contribution in [1.82, 2.24) is 10.2 Å². The maximum absolute atomic E-state index is 13.1. The van der Waals surface area contributed by atoms with Gasteiger partial charge in [-0.05, 0) is 50.3 Å². The van der Waals surface area contributed by atoms with E-state index in [2.05, 4.69) is 5.32 Å². The average molecular weight is 374 g/mol. The predicted octanol–water partition coefficient (Wildman–Crippen LogP) is 1.12. The van der Waals surface area contributed by atoms with Crippen LogP contribution in [-0.4, -0.2) is 53.6 Å². The number of imide groups is 1. The number of carbonyl (C=O) groups excluding carboxylic acids is 3. The van der Waals surface area contributed by atoms with Crippen molar-refractivity contribution >= 4 is 17.7 Å². The molecular formula is C20H26N2O5. The third kappa shape index (κ3) is 3.61. The second kappa shape index (κ2) is 7.78. The van der Waals surface area contributed by atoms with Crippen LogP contribution in [-0.2, 0) is 26.3 Å². The first-order valence-electron chi connectivity index (χ1n) is 9.36. The minimum atomic E-state index is -0.642. The molecule has 3 amide bonds. The zero-order valence-corrected chi connectivity index (χ0v) is 15.8. The van der Waals surface area contributed by atoms with Crippen molar-refractivity contribution in [3.05, 3.63) is 34.9 Å². The van der Waals surface area contributed by atoms with E-state index in [0.717, 1.165) is 24.0 Å². The standard InChI is InChI=1S/C20H26N2O5/c1-20(2)17-13(6-4-11-27-12-10-23)5-3-7-14(17)19(26)22(20)15-8-9-16(24)21-18(15)25/h3,5,7,15,23H,4,6,8-12H2,1-2H3,(H,21,24,25). The Kier molecular flexibility index (Phi) is 5.62. The summed E-state index contributed by atoms with van der Waals surface area (Å²) in [5.74, 6) is -0.857. The summed E-state index contributed by atoms with van der Waals surface area (Å²) in [6, 6.07) is 5.04. The Morgan fingerprint density at radius 1 is 1.26 bits per heavy atom. The molecule has 1 aromatic rings. The lowest BCUT2D eigenvalue weighted by Gasteiger charge is -2.40. The Bertz CT molecular complexity index is 759. The summed E-state index contributed by atoms with van der Waals surface area (Å²) in [5, 5.41) is 11.1. The van der Waals surface area contributed by atoms with Gasteiger partial charge in [-0.15, -0.1) is 0 Å². The predicted molar refractivity (Wildman–Crippen MR) is 98.0 cm³/mol. The topological polar surface area (TPSA) is 95.9 Å². The third-order valence-electron chi connectivity index (χ3n) is 5.31. The zero-order chi connectivity index (χ0) is 19.6. The number of fused-ring (bicyclic) bond motifs is 1. The molecule has 0 radical (unpaired) electrons. The molecule has 0 spiro atoms. The fourth-order valence-corrected chi connectivity index (χ4v) is 4.20. The lowest BCUT2D eigenvalue weighted by Crippen LogP contribution is -2.57. The molecule has 0 saturated carbocycles. The SMILES string of the molecule is CC1(C)c2c(CCCOCCO)cccc2C(=O)N1C1CCC(=O)NC1=O. The fraction of sp³-hybridized carbons (Fsp3) is 0.550. The first-order chi connectivity index (χ1) is 12.9. The Labute approximate surface area is 158 Å². The van der Waals surface area contributed by atoms with Crippen LogP contribution in [0.15, 0.2) is 18.2 Å². The van der Waals surface area contributed by atoms with Crippen molar-refractivity contribution in [2.75, 3.05) is 19.8 Å². The molecule has 1 atom stereocenters. The first kappa shape index (κ1) is 19.5. The molecule has 146 valence electrons. The fourth-order valence-electron chi connectivity index (χ4n) is 4.20. The molecule has 0 aromatic heterocycles. The number of ether oxygens (including phenoxy) is 1. The smallest absolute Gasteiger partial charge is 0.255 e. The number of hydrogen-bond donors (Lipinski definition) is 2. The Balaban J connectivity index is 1.85. The second-order valence-corrected chi connectivity index (χ2v) is 7.48. The van der Waals surface area contributed by atoms with E-state index in [-0.39, 0.29) is 24.8 Å². The Morgan fingerprint density at radius 3 is 2.74 bits per heavy atom. The molecule has 0 bridgehead atoms. The van der Waals surface area contributed by atoms with Gasteiger partial charge in [0.15, 0.2) is 0 Å². The molecule has 27 heavy (non-hydrogen) atoms. The zero-order valence-electron chi connectivity index (χ0n) is 15.8. The molecule has 2 heterocycles. The van der Waals surface area contributed by atoms with Gasteiger partial charge in [0.1, 0.15) is 6.04 Å². The number of benzene rings is 1. The number of aliphatic hydroxyl groups excluding tert-OH is 1. The van der Waals surface area contributed by atoms with E-state index in [0.29, 0.717) is 25.2 Å². The lowest BCUT2D eigenvalue weighted by atomic mass is 9.86. The van der Waals surface area contributed by atoms with Gasteiger partial charge in [-0.2, -0.15) is 0 Å². The second-order valence-electron chi connectivity index (χ2n) is 7.48. The van der Waals surface area contributed by atoms with Crippen molar-refractivity contribution in [2.45, 2.75) is 51.1 Å². The van der Waals surface area contributed by atoms with Gasteiger partial charge in [0.2, 0.25) is 11.8 Å². The summed E-state index contributed by atoms with van der Waals surface area (Å²) in [7, 11) is 0. The van der Waals surface area contributed by atoms with Crippen LogP contribution in [0.2, 0.25) is 0 Å². The largest absolute Gasteiger partial charge is 0.394 e. The highest BCUT2D eigenvalue weighted by Crippen LogP contribution is 2.43. The van der Waals surface area contributed by atoms with Gasteiger partial charge in [-0.25, -0.2) is 0 Å². The highest BCUT2D eigenvalue weighted by Gasteiger charge is 2.50. The summed E-state index contributed by atoms with van der Waals surface area (Å²) < 4.78 is 5.33. The van der Waals surface area contributed by atoms with E-state index >= 15 is 0 Å². The maximum atomic E-state index is 13.1. The van der Waals surface area contributed by atoms with Crippen LogP contribution in [0.1, 0.15) is 54.6 Å². The number of hydrogen-bond acceptors (Lipinski definition) is 5. The first-order valence-corrected chi connectivity index (χ1v) is 9.36. The van der Waals surface area contributed by atoms with Gasteiger partial charge >= 0.3 is 0 Å². The van der Waals surface area contributed by atoms with Crippen molar-refractivity contribution in [3.8, 4) is 0 Å². The van der Waals surface area contributed by atoms with E-state index in [1.807, 2.05) is 26.0 Å². The summed E-state index contributed by atoms with van der Waals surface area (Å²) >= 11 is 0. The normalized spacial score (nSPS) is 21.4. The molecule has 1 saturated heterocycles. The van der Waals surface area contributed by atoms with E-state index in [1.54, 1.807) is 11.0 Å². The van der Waals surface area contributed by atoms with Crippen molar-refractivity contribution in [3.63, 3.8) is 0 Å². The molecule has 2 aliphatic heterocycles. The summed E-state index contributed by atoms with van der Waals surface area (Å²) in [6.07, 6.45) is 2.10. The van der Waals surface area contributed by atoms with Crippen LogP contribution in [0, 0.1) is 0 Å². The van der Waals surface area contributed by atoms with Crippen molar-refractivity contribution < 1.29 is 24.2 Å². The summed E-state index contributed by atoms with van der Waals surface area (Å²) in [6.45, 7) is 4.76. The lowest BCUT2D eigenvalue weighted by molar-refractivity contribution is -0.138. The molecule has 1 aromatic carbocycles. The highest BCUT2D eigenvalue weighted by atomic mass is 16.5. The number of rotatable bonds is 7. The summed E-state index contributed by atoms with van der Waals surface area (Å²) in [5.41, 5.74) is 1.99. The number of carbonyl (C=O) groups is 3. The minimum absolute atomic E-state index is 0.00316. The van der Waals surface area contributed by atoms with E-state index < -0.39 is 17.5 Å². The van der Waals surface area contributed by atoms with Crippen LogP contribution >= 0.6 is 0 Å². The van der Waals surface area contributed by atoms with Gasteiger partial charge < -0.3 is 14.7 Å². The number of piperidine rings is 1. The van der Waals surface area contributed by atoms with Crippen LogP contribution in [0.25, 0.3) is 0 Å². The molecule has 2 N–H and O–H groups in total. The number of amides is 3. The maximum Gasteiger partial charge on any atom is 0.255 e. The summed E-state index contributed by atoms with van der Waals surface area (Å²) in [4.78, 5) is 38.6. The molecule has 7 heteroatoms. The van der Waals surface area contributed by atoms with Crippen molar-refractivity contribution in [1.29, 1.82) is 0 Å². The molecule has 0 aliphatic carbocycles. The van der Waals surface area contributed by atoms with Crippen LogP contribution < -0.4 is 5.32 Å². The minimum Gasteiger partial charge on any atom is -0.394 e. The molecular weight excluding hydrogens is 348 g/mol.